The van der Waals surface area contributed by atoms with Crippen LogP contribution in [-0.4, -0.2) is 36.4 Å². The van der Waals surface area contributed by atoms with Crippen LogP contribution in [0.2, 0.25) is 0 Å². The molecule has 10 heteroatoms. The molecule has 128 valence electrons. The number of amides is 1. The zero-order chi connectivity index (χ0) is 16.3. The normalized spacial score (nSPS) is 18.8. The average molecular weight is 352 g/mol. The Kier molecular flexibility index (Phi) is 6.22. The molecule has 1 aliphatic rings. The number of hydrogen-bond donors (Lipinski definition) is 2. The quantitative estimate of drug-likeness (QED) is 0.621. The molecule has 1 fully saturated rings. The van der Waals surface area contributed by atoms with Gasteiger partial charge in [0.2, 0.25) is 5.91 Å². The van der Waals surface area contributed by atoms with Crippen molar-refractivity contribution in [1.82, 2.24) is 10.6 Å². The molecule has 1 aromatic rings. The van der Waals surface area contributed by atoms with E-state index in [2.05, 4.69) is 10.6 Å². The molecule has 0 radical (unpaired) electrons. The van der Waals surface area contributed by atoms with Crippen molar-refractivity contribution in [1.29, 1.82) is 0 Å². The second kappa shape index (κ2) is 7.51. The predicted molar refractivity (Wildman–Crippen MR) is 80.1 cm³/mol. The van der Waals surface area contributed by atoms with Crippen molar-refractivity contribution in [2.45, 2.75) is 24.9 Å². The maximum absolute atomic E-state index is 13.0. The molecule has 2 rings (SSSR count). The molecule has 1 atom stereocenters. The molecular weight excluding hydrogens is 336 g/mol. The maximum Gasteiger partial charge on any atom is 0.311 e. The molecule has 1 aliphatic heterocycles. The van der Waals surface area contributed by atoms with Crippen LogP contribution in [0.1, 0.15) is 12.0 Å². The first kappa shape index (κ1) is 19.0. The third-order valence-corrected chi connectivity index (χ3v) is 3.33. The van der Waals surface area contributed by atoms with E-state index in [1.165, 1.54) is 19.2 Å². The van der Waals surface area contributed by atoms with Gasteiger partial charge in [-0.3, -0.25) is 20.2 Å². The summed E-state index contributed by atoms with van der Waals surface area (Å²) in [6.07, 6.45) is -0.554. The van der Waals surface area contributed by atoms with E-state index in [-0.39, 0.29) is 30.4 Å². The summed E-state index contributed by atoms with van der Waals surface area (Å²) in [5.74, 6) is -3.34. The standard InChI is InChI=1S/C13H15F2N3O4.ClH/c1-22-11-3-2-8(4-10(11)18(20)21)6-16-12(19)9-5-13(14,15)7-17-9;/h2-4,9,17H,5-7H2,1H3,(H,16,19);1H. The highest BCUT2D eigenvalue weighted by molar-refractivity contribution is 5.85. The van der Waals surface area contributed by atoms with Crippen molar-refractivity contribution in [3.63, 3.8) is 0 Å². The van der Waals surface area contributed by atoms with E-state index in [9.17, 15) is 23.7 Å². The largest absolute Gasteiger partial charge is 0.490 e. The van der Waals surface area contributed by atoms with Gasteiger partial charge >= 0.3 is 5.69 Å². The third kappa shape index (κ3) is 4.73. The SMILES string of the molecule is COc1ccc(CNC(=O)C2CC(F)(F)CN2)cc1[N+](=O)[O-].Cl. The van der Waals surface area contributed by atoms with Gasteiger partial charge in [-0.05, 0) is 11.6 Å². The van der Waals surface area contributed by atoms with Crippen LogP contribution in [0.25, 0.3) is 0 Å². The van der Waals surface area contributed by atoms with Crippen molar-refractivity contribution >= 4 is 24.0 Å². The number of nitrogens with zero attached hydrogens (tertiary/aromatic N) is 1. The molecular formula is C13H16ClF2N3O4. The number of halogens is 3. The van der Waals surface area contributed by atoms with E-state index >= 15 is 0 Å². The van der Waals surface area contributed by atoms with Gasteiger partial charge < -0.3 is 10.1 Å². The molecule has 0 aliphatic carbocycles. The Morgan fingerprint density at radius 2 is 2.26 bits per heavy atom. The lowest BCUT2D eigenvalue weighted by atomic mass is 10.1. The Morgan fingerprint density at radius 1 is 1.57 bits per heavy atom. The highest BCUT2D eigenvalue weighted by atomic mass is 35.5. The Morgan fingerprint density at radius 3 is 2.78 bits per heavy atom. The Labute approximate surface area is 136 Å². The number of rotatable bonds is 5. The zero-order valence-electron chi connectivity index (χ0n) is 12.2. The van der Waals surface area contributed by atoms with Gasteiger partial charge in [0.25, 0.3) is 5.92 Å². The fourth-order valence-corrected chi connectivity index (χ4v) is 2.20. The minimum Gasteiger partial charge on any atom is -0.490 e. The molecule has 2 N–H and O–H groups in total. The van der Waals surface area contributed by atoms with Crippen LogP contribution in [0, 0.1) is 10.1 Å². The van der Waals surface area contributed by atoms with Crippen LogP contribution < -0.4 is 15.4 Å². The molecule has 0 saturated carbocycles. The molecule has 1 saturated heterocycles. The van der Waals surface area contributed by atoms with Crippen molar-refractivity contribution in [2.75, 3.05) is 13.7 Å². The predicted octanol–water partition coefficient (Wildman–Crippen LogP) is 1.64. The molecule has 0 bridgehead atoms. The van der Waals surface area contributed by atoms with Crippen molar-refractivity contribution in [2.24, 2.45) is 0 Å². The number of alkyl halides is 2. The number of methoxy groups -OCH3 is 1. The molecule has 23 heavy (non-hydrogen) atoms. The number of ether oxygens (including phenoxy) is 1. The summed E-state index contributed by atoms with van der Waals surface area (Å²) in [6.45, 7) is -0.521. The van der Waals surface area contributed by atoms with E-state index in [1.807, 2.05) is 0 Å². The van der Waals surface area contributed by atoms with Gasteiger partial charge in [-0.2, -0.15) is 0 Å². The van der Waals surface area contributed by atoms with Gasteiger partial charge in [0, 0.05) is 19.0 Å². The highest BCUT2D eigenvalue weighted by Gasteiger charge is 2.42. The minimum absolute atomic E-state index is 0. The molecule has 0 aromatic heterocycles. The fraction of sp³-hybridized carbons (Fsp3) is 0.462. The van der Waals surface area contributed by atoms with E-state index in [0.29, 0.717) is 5.56 Å². The van der Waals surface area contributed by atoms with Gasteiger partial charge in [-0.1, -0.05) is 6.07 Å². The number of nitro groups is 1. The number of hydrogen-bond acceptors (Lipinski definition) is 5. The number of carbonyl (C=O) groups excluding carboxylic acids is 1. The second-order valence-electron chi connectivity index (χ2n) is 4.97. The number of carbonyl (C=O) groups is 1. The molecule has 1 amide bonds. The Bertz CT molecular complexity index is 601. The second-order valence-corrected chi connectivity index (χ2v) is 4.97. The van der Waals surface area contributed by atoms with Gasteiger partial charge in [-0.15, -0.1) is 12.4 Å². The van der Waals surface area contributed by atoms with Crippen molar-refractivity contribution in [3.05, 3.63) is 33.9 Å². The van der Waals surface area contributed by atoms with E-state index in [4.69, 9.17) is 4.74 Å². The lowest BCUT2D eigenvalue weighted by Crippen LogP contribution is -2.40. The van der Waals surface area contributed by atoms with Crippen LogP contribution in [0.15, 0.2) is 18.2 Å². The van der Waals surface area contributed by atoms with Gasteiger partial charge in [0.1, 0.15) is 0 Å². The van der Waals surface area contributed by atoms with Crippen LogP contribution in [-0.2, 0) is 11.3 Å². The summed E-state index contributed by atoms with van der Waals surface area (Å²) >= 11 is 0. The first-order valence-corrected chi connectivity index (χ1v) is 6.52. The van der Waals surface area contributed by atoms with E-state index in [0.717, 1.165) is 0 Å². The van der Waals surface area contributed by atoms with Gasteiger partial charge in [-0.25, -0.2) is 8.78 Å². The van der Waals surface area contributed by atoms with Crippen LogP contribution in [0.3, 0.4) is 0 Å². The number of nitro benzene ring substituents is 1. The monoisotopic (exact) mass is 351 g/mol. The zero-order valence-corrected chi connectivity index (χ0v) is 13.0. The average Bonchev–Trinajstić information content (AvgIpc) is 2.84. The third-order valence-electron chi connectivity index (χ3n) is 3.33. The first-order chi connectivity index (χ1) is 10.3. The topological polar surface area (TPSA) is 93.5 Å². The van der Waals surface area contributed by atoms with Crippen molar-refractivity contribution in [3.8, 4) is 5.75 Å². The fourth-order valence-electron chi connectivity index (χ4n) is 2.20. The summed E-state index contributed by atoms with van der Waals surface area (Å²) < 4.78 is 30.9. The molecule has 1 aromatic carbocycles. The summed E-state index contributed by atoms with van der Waals surface area (Å²) in [5.41, 5.74) is 0.255. The van der Waals surface area contributed by atoms with Crippen LogP contribution in [0.5, 0.6) is 5.75 Å². The Hall–Kier alpha value is -2.00. The molecule has 1 unspecified atom stereocenters. The lowest BCUT2D eigenvalue weighted by molar-refractivity contribution is -0.385. The van der Waals surface area contributed by atoms with Crippen LogP contribution in [0.4, 0.5) is 14.5 Å². The van der Waals surface area contributed by atoms with Gasteiger partial charge in [0.05, 0.1) is 24.6 Å². The molecule has 0 spiro atoms. The van der Waals surface area contributed by atoms with Crippen molar-refractivity contribution < 1.29 is 23.2 Å². The molecule has 7 nitrogen and oxygen atoms in total. The molecule has 1 heterocycles. The summed E-state index contributed by atoms with van der Waals surface area (Å²) in [4.78, 5) is 22.1. The minimum atomic E-state index is -2.89. The number of benzene rings is 1. The first-order valence-electron chi connectivity index (χ1n) is 6.52. The lowest BCUT2D eigenvalue weighted by Gasteiger charge is -2.11. The van der Waals surface area contributed by atoms with E-state index < -0.39 is 35.8 Å². The highest BCUT2D eigenvalue weighted by Crippen LogP contribution is 2.28. The smallest absolute Gasteiger partial charge is 0.311 e. The maximum atomic E-state index is 13.0. The number of nitrogens with one attached hydrogen (secondary N) is 2. The summed E-state index contributed by atoms with van der Waals surface area (Å²) in [7, 11) is 1.32. The van der Waals surface area contributed by atoms with Crippen LogP contribution >= 0.6 is 12.4 Å². The summed E-state index contributed by atoms with van der Waals surface area (Å²) in [6, 6.07) is 3.29. The summed E-state index contributed by atoms with van der Waals surface area (Å²) in [5, 5.41) is 15.8. The van der Waals surface area contributed by atoms with E-state index in [1.54, 1.807) is 6.07 Å². The van der Waals surface area contributed by atoms with Gasteiger partial charge in [0.15, 0.2) is 5.75 Å². The Balaban J connectivity index is 0.00000264.